The Labute approximate surface area is 414 Å². The summed E-state index contributed by atoms with van der Waals surface area (Å²) in [4.78, 5) is 27.1. The largest absolute Gasteiger partial charge is 0.293 e. The Morgan fingerprint density at radius 3 is 1.22 bits per heavy atom. The van der Waals surface area contributed by atoms with Crippen molar-refractivity contribution >= 4 is 10.1 Å². The maximum atomic E-state index is 13.7. The minimum Gasteiger partial charge on any atom is -0.293 e. The minimum atomic E-state index is -4.21. The summed E-state index contributed by atoms with van der Waals surface area (Å²) in [5.74, 6) is 6.32. The van der Waals surface area contributed by atoms with Gasteiger partial charge in [-0.2, -0.15) is 8.42 Å². The summed E-state index contributed by atoms with van der Waals surface area (Å²) in [6, 6.07) is 3.03. The molecule has 13 nitrogen and oxygen atoms in total. The van der Waals surface area contributed by atoms with Gasteiger partial charge in [0.1, 0.15) is 5.25 Å². The SMILES string of the molecule is CCN1CN(C)CC2CC(C(C3CCC4C(C3)CN(C)CN4CC)(C3CCC4C(C3)CN(C)CN4CC)C3CCC4C(C3)CN3CN4CC4C5C(CC(S(=O)(=O)O)C43)CN(C)CN5CC)CCC21. The lowest BCUT2D eigenvalue weighted by Crippen LogP contribution is -2.76. The van der Waals surface area contributed by atoms with Crippen LogP contribution in [0.25, 0.3) is 0 Å². The fraction of sp³-hybridized carbons (Fsp3) is 1.00. The van der Waals surface area contributed by atoms with E-state index in [-0.39, 0.29) is 17.9 Å². The molecule has 5 aliphatic carbocycles. The number of hydrogen-bond donors (Lipinski definition) is 1. The molecule has 2 bridgehead atoms. The van der Waals surface area contributed by atoms with Crippen LogP contribution in [0.1, 0.15) is 111 Å². The number of hydrogen-bond acceptors (Lipinski definition) is 12. The summed E-state index contributed by atoms with van der Waals surface area (Å²) in [5.41, 5.74) is 0.323. The van der Waals surface area contributed by atoms with Crippen molar-refractivity contribution in [2.75, 3.05) is 127 Å². The second-order valence-corrected chi connectivity index (χ2v) is 27.7. The van der Waals surface area contributed by atoms with Gasteiger partial charge in [-0.25, -0.2) is 0 Å². The molecule has 0 aromatic carbocycles. The molecule has 5 saturated carbocycles. The quantitative estimate of drug-likeness (QED) is 0.307. The highest BCUT2D eigenvalue weighted by molar-refractivity contribution is 7.86. The van der Waals surface area contributed by atoms with Crippen molar-refractivity contribution in [2.24, 2.45) is 64.6 Å². The van der Waals surface area contributed by atoms with Crippen molar-refractivity contribution in [3.8, 4) is 0 Å². The molecule has 0 radical (unpaired) electrons. The zero-order valence-corrected chi connectivity index (χ0v) is 45.1. The van der Waals surface area contributed by atoms with E-state index in [4.69, 9.17) is 0 Å². The Morgan fingerprint density at radius 1 is 0.426 bits per heavy atom. The normalized spacial score (nSPS) is 48.3. The highest BCUT2D eigenvalue weighted by Crippen LogP contribution is 2.66. The van der Waals surface area contributed by atoms with Crippen LogP contribution >= 0.6 is 0 Å². The van der Waals surface area contributed by atoms with Crippen LogP contribution in [0.4, 0.5) is 0 Å². The van der Waals surface area contributed by atoms with Gasteiger partial charge in [-0.3, -0.25) is 53.6 Å². The van der Waals surface area contributed by atoms with Crippen LogP contribution < -0.4 is 0 Å². The van der Waals surface area contributed by atoms with Crippen molar-refractivity contribution < 1.29 is 13.0 Å². The van der Waals surface area contributed by atoms with Crippen molar-refractivity contribution in [1.29, 1.82) is 0 Å². The monoisotopic (exact) mass is 967 g/mol. The van der Waals surface area contributed by atoms with Gasteiger partial charge >= 0.3 is 0 Å². The van der Waals surface area contributed by atoms with E-state index in [0.29, 0.717) is 35.8 Å². The lowest BCUT2D eigenvalue weighted by Gasteiger charge is -2.67. The summed E-state index contributed by atoms with van der Waals surface area (Å²) < 4.78 is 38.5. The van der Waals surface area contributed by atoms with Crippen LogP contribution in [-0.2, 0) is 10.1 Å². The molecule has 1 N–H and O–H groups in total. The predicted molar refractivity (Wildman–Crippen MR) is 273 cm³/mol. The Bertz CT molecular complexity index is 1760. The number of rotatable bonds is 9. The van der Waals surface area contributed by atoms with Crippen molar-refractivity contribution in [3.05, 3.63) is 0 Å². The molecule has 19 unspecified atom stereocenters. The molecule has 6 aliphatic heterocycles. The fourth-order valence-corrected chi connectivity index (χ4v) is 22.1. The first-order valence-corrected chi connectivity index (χ1v) is 30.4. The van der Waals surface area contributed by atoms with Gasteiger partial charge in [0, 0.05) is 81.4 Å². The van der Waals surface area contributed by atoms with Gasteiger partial charge in [0.25, 0.3) is 10.1 Å². The van der Waals surface area contributed by atoms with Crippen LogP contribution in [0.15, 0.2) is 0 Å². The standard InChI is InChI=1S/C54H98N10O3S/c1-9-59-32-55(5)26-37-21-42(13-17-47(37)59)54(43-14-18-48-38(22-43)27-56(6)33-60(48)10-2,44-15-19-49-39(23-44)28-57(7)34-61(49)11-3)45-16-20-50-40(24-45)30-64-36-63(50)31-46-52-41(29-58(8)35-62(52)12-4)25-51(53(46)64)68(65,66)67/h37-53H,9-36H2,1-8H3,(H,65,66,67). The van der Waals surface area contributed by atoms with E-state index in [1.54, 1.807) is 0 Å². The van der Waals surface area contributed by atoms with Crippen LogP contribution in [0.5, 0.6) is 0 Å². The first kappa shape index (κ1) is 49.7. The lowest BCUT2D eigenvalue weighted by atomic mass is 9.42. The molecule has 68 heavy (non-hydrogen) atoms. The van der Waals surface area contributed by atoms with Gasteiger partial charge in [-0.1, -0.05) is 27.7 Å². The summed E-state index contributed by atoms with van der Waals surface area (Å²) >= 11 is 0. The fourth-order valence-electron chi connectivity index (χ4n) is 20.9. The van der Waals surface area contributed by atoms with Gasteiger partial charge in [0.2, 0.25) is 0 Å². The molecule has 14 heteroatoms. The molecule has 6 saturated heterocycles. The molecule has 0 spiro atoms. The van der Waals surface area contributed by atoms with E-state index >= 15 is 0 Å². The molecule has 0 aromatic heterocycles. The van der Waals surface area contributed by atoms with E-state index in [2.05, 4.69) is 105 Å². The maximum absolute atomic E-state index is 13.7. The third-order valence-electron chi connectivity index (χ3n) is 22.8. The van der Waals surface area contributed by atoms with E-state index < -0.39 is 15.4 Å². The molecule has 19 atom stereocenters. The van der Waals surface area contributed by atoms with E-state index in [9.17, 15) is 13.0 Å². The van der Waals surface area contributed by atoms with Crippen molar-refractivity contribution in [2.45, 2.75) is 153 Å². The molecular weight excluding hydrogens is 869 g/mol. The average Bonchev–Trinajstić information content (AvgIpc) is 3.31. The second kappa shape index (κ2) is 19.7. The summed E-state index contributed by atoms with van der Waals surface area (Å²) in [6.07, 6.45) is 17.2. The van der Waals surface area contributed by atoms with Gasteiger partial charge in [0.15, 0.2) is 0 Å². The molecule has 11 rings (SSSR count). The van der Waals surface area contributed by atoms with Gasteiger partial charge in [-0.15, -0.1) is 0 Å². The average molecular weight is 968 g/mol. The van der Waals surface area contributed by atoms with Gasteiger partial charge in [-0.05, 0) is 197 Å². The highest BCUT2D eigenvalue weighted by atomic mass is 32.2. The summed E-state index contributed by atoms with van der Waals surface area (Å²) in [5, 5.41) is -0.694. The molecule has 11 aliphatic rings. The highest BCUT2D eigenvalue weighted by Gasteiger charge is 2.64. The number of fused-ring (bicyclic) bond motifs is 11. The second-order valence-electron chi connectivity index (χ2n) is 26.1. The van der Waals surface area contributed by atoms with E-state index in [1.807, 2.05) is 0 Å². The third-order valence-corrected chi connectivity index (χ3v) is 24.0. The molecular formula is C54H98N10O3S. The molecule has 11 fully saturated rings. The van der Waals surface area contributed by atoms with E-state index in [1.165, 1.54) is 96.7 Å². The topological polar surface area (TPSA) is 86.8 Å². The Hall–Kier alpha value is -0.490. The van der Waals surface area contributed by atoms with Crippen LogP contribution in [0.3, 0.4) is 0 Å². The zero-order valence-electron chi connectivity index (χ0n) is 44.3. The van der Waals surface area contributed by atoms with Crippen LogP contribution in [-0.4, -0.2) is 230 Å². The molecule has 6 heterocycles. The van der Waals surface area contributed by atoms with Crippen LogP contribution in [0, 0.1) is 64.6 Å². The summed E-state index contributed by atoms with van der Waals surface area (Å²) in [6.45, 7) is 25.9. The molecule has 0 amide bonds. The van der Waals surface area contributed by atoms with Crippen molar-refractivity contribution in [1.82, 2.24) is 49.0 Å². The third kappa shape index (κ3) is 8.65. The maximum Gasteiger partial charge on any atom is 0.269 e. The van der Waals surface area contributed by atoms with E-state index in [0.717, 1.165) is 133 Å². The minimum absolute atomic E-state index is 0.105. The van der Waals surface area contributed by atoms with Crippen molar-refractivity contribution in [3.63, 3.8) is 0 Å². The zero-order chi connectivity index (χ0) is 47.4. The van der Waals surface area contributed by atoms with Gasteiger partial charge in [0.05, 0.1) is 33.3 Å². The first-order valence-electron chi connectivity index (χ1n) is 28.9. The Kier molecular flexibility index (Phi) is 14.4. The molecule has 0 aromatic rings. The lowest BCUT2D eigenvalue weighted by molar-refractivity contribution is -0.184. The van der Waals surface area contributed by atoms with Gasteiger partial charge < -0.3 is 0 Å². The van der Waals surface area contributed by atoms with Crippen LogP contribution in [0.2, 0.25) is 0 Å². The Balaban J connectivity index is 0.973. The first-order chi connectivity index (χ1) is 32.7. The molecule has 388 valence electrons. The smallest absolute Gasteiger partial charge is 0.269 e. The number of nitrogens with zero attached hydrogens (tertiary/aromatic N) is 10. The predicted octanol–water partition coefficient (Wildman–Crippen LogP) is 5.23. The Morgan fingerprint density at radius 2 is 0.809 bits per heavy atom. The summed E-state index contributed by atoms with van der Waals surface area (Å²) in [7, 11) is 5.19.